The van der Waals surface area contributed by atoms with E-state index in [4.69, 9.17) is 27.9 Å². The lowest BCUT2D eigenvalue weighted by molar-refractivity contribution is 0.0470. The van der Waals surface area contributed by atoms with Crippen molar-refractivity contribution in [1.82, 2.24) is 10.2 Å². The van der Waals surface area contributed by atoms with E-state index in [0.29, 0.717) is 10.0 Å². The highest BCUT2D eigenvalue weighted by atomic mass is 35.5. The summed E-state index contributed by atoms with van der Waals surface area (Å²) >= 11 is 12.3. The molecule has 0 bridgehead atoms. The number of fused-ring (bicyclic) bond motifs is 1. The maximum Gasteiger partial charge on any atom is 0.408 e. The molecule has 1 fully saturated rings. The average molecular weight is 474 g/mol. The van der Waals surface area contributed by atoms with Crippen LogP contribution in [0.25, 0.3) is 6.08 Å². The number of amides is 1. The van der Waals surface area contributed by atoms with E-state index in [1.165, 1.54) is 0 Å². The van der Waals surface area contributed by atoms with E-state index >= 15 is 0 Å². The van der Waals surface area contributed by atoms with E-state index < -0.39 is 11.7 Å². The van der Waals surface area contributed by atoms with E-state index in [9.17, 15) is 4.79 Å². The van der Waals surface area contributed by atoms with Gasteiger partial charge in [-0.25, -0.2) is 4.79 Å². The third-order valence-electron chi connectivity index (χ3n) is 5.82. The van der Waals surface area contributed by atoms with Crippen LogP contribution in [-0.4, -0.2) is 48.8 Å². The Bertz CT molecular complexity index is 1010. The maximum atomic E-state index is 12.7. The molecule has 0 unspecified atom stereocenters. The fraction of sp³-hybridized carbons (Fsp3) is 0.400. The van der Waals surface area contributed by atoms with Crippen molar-refractivity contribution in [3.63, 3.8) is 0 Å². The number of benzene rings is 2. The van der Waals surface area contributed by atoms with Gasteiger partial charge in [0.25, 0.3) is 0 Å². The Morgan fingerprint density at radius 3 is 2.44 bits per heavy atom. The SMILES string of the molecule is CC(C)(C)OC(=O)N[C@@H]1c2ccccc2C=C[C@H]1N1CCN(c2ccc(Cl)c(Cl)c2)CC1. The molecule has 5 nitrogen and oxygen atoms in total. The third-order valence-corrected chi connectivity index (χ3v) is 6.56. The van der Waals surface area contributed by atoms with Crippen LogP contribution in [-0.2, 0) is 4.74 Å². The molecule has 1 saturated heterocycles. The number of hydrogen-bond donors (Lipinski definition) is 1. The summed E-state index contributed by atoms with van der Waals surface area (Å²) in [6.45, 7) is 9.09. The van der Waals surface area contributed by atoms with Gasteiger partial charge in [0.2, 0.25) is 0 Å². The molecule has 2 aromatic rings. The van der Waals surface area contributed by atoms with Gasteiger partial charge in [0.05, 0.1) is 22.1 Å². The van der Waals surface area contributed by atoms with Gasteiger partial charge in [0, 0.05) is 31.9 Å². The molecule has 32 heavy (non-hydrogen) atoms. The van der Waals surface area contributed by atoms with Gasteiger partial charge in [0.15, 0.2) is 0 Å². The van der Waals surface area contributed by atoms with Crippen molar-refractivity contribution in [1.29, 1.82) is 0 Å². The highest BCUT2D eigenvalue weighted by Crippen LogP contribution is 2.33. The lowest BCUT2D eigenvalue weighted by atomic mass is 9.88. The van der Waals surface area contributed by atoms with Crippen LogP contribution < -0.4 is 10.2 Å². The second-order valence-electron chi connectivity index (χ2n) is 9.22. The van der Waals surface area contributed by atoms with Crippen LogP contribution in [0.15, 0.2) is 48.5 Å². The van der Waals surface area contributed by atoms with Crippen LogP contribution in [0.5, 0.6) is 0 Å². The highest BCUT2D eigenvalue weighted by Gasteiger charge is 2.34. The number of anilines is 1. The third kappa shape index (κ3) is 5.22. The van der Waals surface area contributed by atoms with Crippen LogP contribution in [0.4, 0.5) is 10.5 Å². The second-order valence-corrected chi connectivity index (χ2v) is 10.0. The summed E-state index contributed by atoms with van der Waals surface area (Å²) < 4.78 is 5.56. The molecule has 2 aliphatic rings. The van der Waals surface area contributed by atoms with E-state index in [2.05, 4.69) is 39.4 Å². The van der Waals surface area contributed by atoms with Crippen molar-refractivity contribution in [2.45, 2.75) is 38.5 Å². The van der Waals surface area contributed by atoms with Crippen LogP contribution in [0.3, 0.4) is 0 Å². The van der Waals surface area contributed by atoms with Crippen LogP contribution >= 0.6 is 23.2 Å². The quantitative estimate of drug-likeness (QED) is 0.613. The van der Waals surface area contributed by atoms with Gasteiger partial charge in [-0.15, -0.1) is 0 Å². The Morgan fingerprint density at radius 2 is 1.75 bits per heavy atom. The normalized spacial score (nSPS) is 21.2. The summed E-state index contributed by atoms with van der Waals surface area (Å²) in [5.74, 6) is 0. The summed E-state index contributed by atoms with van der Waals surface area (Å²) in [5.41, 5.74) is 2.76. The fourth-order valence-electron chi connectivity index (χ4n) is 4.33. The lowest BCUT2D eigenvalue weighted by Crippen LogP contribution is -2.54. The predicted octanol–water partition coefficient (Wildman–Crippen LogP) is 5.78. The molecule has 1 N–H and O–H groups in total. The molecule has 0 aromatic heterocycles. The minimum Gasteiger partial charge on any atom is -0.444 e. The highest BCUT2D eigenvalue weighted by molar-refractivity contribution is 6.42. The Kier molecular flexibility index (Phi) is 6.70. The number of alkyl carbamates (subject to hydrolysis) is 1. The molecule has 1 heterocycles. The van der Waals surface area contributed by atoms with Gasteiger partial charge in [-0.2, -0.15) is 0 Å². The summed E-state index contributed by atoms with van der Waals surface area (Å²) in [6, 6.07) is 13.8. The Morgan fingerprint density at radius 1 is 1.03 bits per heavy atom. The summed E-state index contributed by atoms with van der Waals surface area (Å²) in [6.07, 6.45) is 3.95. The number of carbonyl (C=O) groups excluding carboxylic acids is 1. The van der Waals surface area contributed by atoms with Crippen molar-refractivity contribution in [3.8, 4) is 0 Å². The number of nitrogens with one attached hydrogen (secondary N) is 1. The van der Waals surface area contributed by atoms with Gasteiger partial charge < -0.3 is 15.0 Å². The van der Waals surface area contributed by atoms with E-state index in [0.717, 1.165) is 43.0 Å². The van der Waals surface area contributed by atoms with Crippen LogP contribution in [0.1, 0.15) is 37.9 Å². The standard InChI is InChI=1S/C25H29Cl2N3O2/c1-25(2,3)32-24(31)28-23-19-7-5-4-6-17(19)8-11-22(23)30-14-12-29(13-15-30)18-9-10-20(26)21(27)16-18/h4-11,16,22-23H,12-15H2,1-3H3,(H,28,31)/t22-,23-/m1/s1. The topological polar surface area (TPSA) is 44.8 Å². The summed E-state index contributed by atoms with van der Waals surface area (Å²) in [7, 11) is 0. The molecule has 2 aromatic carbocycles. The van der Waals surface area contributed by atoms with Gasteiger partial charge in [-0.3, -0.25) is 4.90 Å². The predicted molar refractivity (Wildman–Crippen MR) is 132 cm³/mol. The average Bonchev–Trinajstić information content (AvgIpc) is 2.75. The zero-order valence-corrected chi connectivity index (χ0v) is 20.2. The molecule has 0 saturated carbocycles. The van der Waals surface area contributed by atoms with E-state index in [-0.39, 0.29) is 12.1 Å². The summed E-state index contributed by atoms with van der Waals surface area (Å²) in [5, 5.41) is 4.27. The van der Waals surface area contributed by atoms with Crippen molar-refractivity contribution >= 4 is 41.1 Å². The second kappa shape index (κ2) is 9.34. The van der Waals surface area contributed by atoms with Crippen LogP contribution in [0.2, 0.25) is 10.0 Å². The van der Waals surface area contributed by atoms with E-state index in [1.807, 2.05) is 51.1 Å². The Hall–Kier alpha value is -2.21. The number of rotatable bonds is 3. The Balaban J connectivity index is 1.50. The zero-order valence-electron chi connectivity index (χ0n) is 18.6. The Labute approximate surface area is 199 Å². The van der Waals surface area contributed by atoms with Crippen molar-refractivity contribution < 1.29 is 9.53 Å². The molecule has 0 radical (unpaired) electrons. The van der Waals surface area contributed by atoms with E-state index in [1.54, 1.807) is 0 Å². The minimum atomic E-state index is -0.547. The van der Waals surface area contributed by atoms with Crippen molar-refractivity contribution in [2.75, 3.05) is 31.1 Å². The van der Waals surface area contributed by atoms with Gasteiger partial charge in [-0.1, -0.05) is 59.6 Å². The number of nitrogens with zero attached hydrogens (tertiary/aromatic N) is 2. The molecule has 1 amide bonds. The summed E-state index contributed by atoms with van der Waals surface area (Å²) in [4.78, 5) is 17.4. The molecule has 0 spiro atoms. The monoisotopic (exact) mass is 473 g/mol. The number of hydrogen-bond acceptors (Lipinski definition) is 4. The maximum absolute atomic E-state index is 12.7. The first kappa shape index (κ1) is 23.0. The smallest absolute Gasteiger partial charge is 0.408 e. The van der Waals surface area contributed by atoms with Gasteiger partial charge in [-0.05, 0) is 50.1 Å². The number of ether oxygens (including phenoxy) is 1. The zero-order chi connectivity index (χ0) is 22.9. The number of piperazine rings is 1. The van der Waals surface area contributed by atoms with Crippen molar-refractivity contribution in [3.05, 3.63) is 69.7 Å². The number of carbonyl (C=O) groups is 1. The molecular formula is C25H29Cl2N3O2. The van der Waals surface area contributed by atoms with Gasteiger partial charge >= 0.3 is 6.09 Å². The number of halogens is 2. The first-order valence-corrected chi connectivity index (χ1v) is 11.7. The molecular weight excluding hydrogens is 445 g/mol. The largest absolute Gasteiger partial charge is 0.444 e. The fourth-order valence-corrected chi connectivity index (χ4v) is 4.63. The molecule has 1 aliphatic heterocycles. The molecule has 7 heteroatoms. The van der Waals surface area contributed by atoms with Crippen molar-refractivity contribution in [2.24, 2.45) is 0 Å². The van der Waals surface area contributed by atoms with Gasteiger partial charge in [0.1, 0.15) is 5.60 Å². The lowest BCUT2D eigenvalue weighted by Gasteiger charge is -2.43. The first-order chi connectivity index (χ1) is 15.2. The van der Waals surface area contributed by atoms with Crippen LogP contribution in [0, 0.1) is 0 Å². The first-order valence-electron chi connectivity index (χ1n) is 10.9. The molecule has 2 atom stereocenters. The molecule has 170 valence electrons. The minimum absolute atomic E-state index is 0.0494. The molecule has 4 rings (SSSR count). The molecule has 1 aliphatic carbocycles.